The Kier molecular flexibility index (Phi) is 8.01. The molecule has 0 spiro atoms. The van der Waals surface area contributed by atoms with Gasteiger partial charge in [-0.25, -0.2) is 9.59 Å². The maximum Gasteiger partial charge on any atom is 0.355 e. The van der Waals surface area contributed by atoms with Crippen molar-refractivity contribution in [3.05, 3.63) is 118 Å². The molecule has 0 fully saturated rings. The van der Waals surface area contributed by atoms with Crippen LogP contribution >= 0.6 is 0 Å². The third kappa shape index (κ3) is 5.34. The van der Waals surface area contributed by atoms with Gasteiger partial charge in [-0.1, -0.05) is 60.2 Å². The van der Waals surface area contributed by atoms with Gasteiger partial charge < -0.3 is 19.9 Å². The number of esters is 2. The zero-order valence-electron chi connectivity index (χ0n) is 22.2. The molecule has 1 aliphatic rings. The van der Waals surface area contributed by atoms with Crippen LogP contribution in [0.1, 0.15) is 28.2 Å². The Morgan fingerprint density at radius 3 is 2.31 bits per heavy atom. The Morgan fingerprint density at radius 1 is 0.949 bits per heavy atom. The number of benzene rings is 3. The number of hydrogen-bond acceptors (Lipinski definition) is 8. The lowest BCUT2D eigenvalue weighted by molar-refractivity contribution is -0.139. The average molecular weight is 524 g/mol. The molecule has 1 unspecified atom stereocenters. The summed E-state index contributed by atoms with van der Waals surface area (Å²) in [5.74, 6) is -1.74. The first kappa shape index (κ1) is 27.0. The quantitative estimate of drug-likeness (QED) is 0.440. The molecule has 8 heteroatoms. The highest BCUT2D eigenvalue weighted by Crippen LogP contribution is 2.43. The fourth-order valence-corrected chi connectivity index (χ4v) is 4.69. The van der Waals surface area contributed by atoms with Gasteiger partial charge >= 0.3 is 11.9 Å². The Bertz CT molecular complexity index is 1520. The second-order valence-corrected chi connectivity index (χ2v) is 9.06. The van der Waals surface area contributed by atoms with Crippen molar-refractivity contribution >= 4 is 17.6 Å². The summed E-state index contributed by atoms with van der Waals surface area (Å²) in [5, 5.41) is 10.2. The average Bonchev–Trinajstić information content (AvgIpc) is 2.95. The van der Waals surface area contributed by atoms with Gasteiger partial charge in [-0.2, -0.15) is 5.26 Å². The minimum Gasteiger partial charge on any atom is -0.489 e. The minimum absolute atomic E-state index is 0.00635. The predicted octanol–water partition coefficient (Wildman–Crippen LogP) is 4.78. The van der Waals surface area contributed by atoms with E-state index in [0.717, 1.165) is 22.4 Å². The van der Waals surface area contributed by atoms with Gasteiger partial charge in [0.15, 0.2) is 0 Å². The number of rotatable bonds is 7. The van der Waals surface area contributed by atoms with Crippen LogP contribution in [0.2, 0.25) is 0 Å². The highest BCUT2D eigenvalue weighted by atomic mass is 16.5. The third-order valence-electron chi connectivity index (χ3n) is 6.50. The molecule has 39 heavy (non-hydrogen) atoms. The van der Waals surface area contributed by atoms with Crippen molar-refractivity contribution in [2.75, 3.05) is 19.1 Å². The van der Waals surface area contributed by atoms with E-state index >= 15 is 0 Å². The summed E-state index contributed by atoms with van der Waals surface area (Å²) in [4.78, 5) is 27.8. The first-order chi connectivity index (χ1) is 18.8. The molecule has 3 aromatic carbocycles. The highest BCUT2D eigenvalue weighted by molar-refractivity contribution is 6.06. The Labute approximate surface area is 227 Å². The van der Waals surface area contributed by atoms with E-state index in [4.69, 9.17) is 19.9 Å². The molecule has 2 N–H and O–H groups in total. The summed E-state index contributed by atoms with van der Waals surface area (Å²) in [6, 6.07) is 24.1. The summed E-state index contributed by atoms with van der Waals surface area (Å²) in [7, 11) is 2.43. The number of ether oxygens (including phenoxy) is 3. The molecule has 0 aliphatic carbocycles. The third-order valence-corrected chi connectivity index (χ3v) is 6.50. The molecular formula is C31H29N3O5. The van der Waals surface area contributed by atoms with Crippen molar-refractivity contribution in [2.24, 2.45) is 5.73 Å². The van der Waals surface area contributed by atoms with Gasteiger partial charge in [-0.3, -0.25) is 4.90 Å². The van der Waals surface area contributed by atoms with Gasteiger partial charge in [0.05, 0.1) is 37.4 Å². The van der Waals surface area contributed by atoms with Crippen LogP contribution in [0, 0.1) is 25.2 Å². The van der Waals surface area contributed by atoms with E-state index < -0.39 is 17.9 Å². The van der Waals surface area contributed by atoms with Gasteiger partial charge in [-0.05, 0) is 48.7 Å². The molecule has 4 rings (SSSR count). The SMILES string of the molecule is COC(=O)C1=C(C(=O)OC)N(c2cccc(COc3ccc(C)cc3C)c2)C(N)=C(C#N)C1c1ccccc1. The number of nitrogens with two attached hydrogens (primary N) is 1. The molecule has 0 saturated heterocycles. The normalized spacial score (nSPS) is 15.1. The maximum atomic E-state index is 13.2. The van der Waals surface area contributed by atoms with Crippen LogP contribution in [0.3, 0.4) is 0 Å². The summed E-state index contributed by atoms with van der Waals surface area (Å²) >= 11 is 0. The number of methoxy groups -OCH3 is 2. The van der Waals surface area contributed by atoms with Gasteiger partial charge in [0.2, 0.25) is 0 Å². The van der Waals surface area contributed by atoms with E-state index in [2.05, 4.69) is 6.07 Å². The molecular weight excluding hydrogens is 494 g/mol. The van der Waals surface area contributed by atoms with Crippen molar-refractivity contribution in [2.45, 2.75) is 26.4 Å². The monoisotopic (exact) mass is 523 g/mol. The lowest BCUT2D eigenvalue weighted by Gasteiger charge is -2.36. The Morgan fingerprint density at radius 2 is 1.67 bits per heavy atom. The first-order valence-electron chi connectivity index (χ1n) is 12.2. The minimum atomic E-state index is -0.926. The molecule has 3 aromatic rings. The van der Waals surface area contributed by atoms with Crippen LogP contribution in [0.25, 0.3) is 0 Å². The van der Waals surface area contributed by atoms with Crippen molar-refractivity contribution in [3.63, 3.8) is 0 Å². The second kappa shape index (κ2) is 11.6. The molecule has 8 nitrogen and oxygen atoms in total. The first-order valence-corrected chi connectivity index (χ1v) is 12.2. The number of carbonyl (C=O) groups excluding carboxylic acids is 2. The predicted molar refractivity (Wildman–Crippen MR) is 146 cm³/mol. The van der Waals surface area contributed by atoms with Gasteiger partial charge in [0.25, 0.3) is 0 Å². The molecule has 0 radical (unpaired) electrons. The number of allylic oxidation sites excluding steroid dienone is 1. The largest absolute Gasteiger partial charge is 0.489 e. The van der Waals surface area contributed by atoms with Crippen LogP contribution in [0.15, 0.2) is 95.5 Å². The smallest absolute Gasteiger partial charge is 0.355 e. The molecule has 0 aromatic heterocycles. The topological polar surface area (TPSA) is 115 Å². The van der Waals surface area contributed by atoms with Crippen LogP contribution in [0.4, 0.5) is 5.69 Å². The lowest BCUT2D eigenvalue weighted by atomic mass is 9.81. The van der Waals surface area contributed by atoms with Gasteiger partial charge in [0, 0.05) is 5.69 Å². The van der Waals surface area contributed by atoms with E-state index in [-0.39, 0.29) is 29.3 Å². The number of hydrogen-bond donors (Lipinski definition) is 1. The van der Waals surface area contributed by atoms with E-state index in [0.29, 0.717) is 11.3 Å². The van der Waals surface area contributed by atoms with E-state index in [1.54, 1.807) is 42.5 Å². The van der Waals surface area contributed by atoms with E-state index in [9.17, 15) is 14.9 Å². The van der Waals surface area contributed by atoms with Crippen molar-refractivity contribution in [3.8, 4) is 11.8 Å². The van der Waals surface area contributed by atoms with E-state index in [1.165, 1.54) is 19.1 Å². The number of carbonyl (C=O) groups is 2. The van der Waals surface area contributed by atoms with Crippen LogP contribution in [-0.4, -0.2) is 26.2 Å². The molecule has 1 heterocycles. The fraction of sp³-hybridized carbons (Fsp3) is 0.194. The molecule has 0 saturated carbocycles. The maximum absolute atomic E-state index is 13.2. The van der Waals surface area contributed by atoms with Crippen LogP contribution in [0.5, 0.6) is 5.75 Å². The van der Waals surface area contributed by atoms with Crippen LogP contribution in [-0.2, 0) is 25.7 Å². The van der Waals surface area contributed by atoms with Crippen molar-refractivity contribution < 1.29 is 23.8 Å². The number of aryl methyl sites for hydroxylation is 2. The summed E-state index contributed by atoms with van der Waals surface area (Å²) in [6.07, 6.45) is 0. The lowest BCUT2D eigenvalue weighted by Crippen LogP contribution is -2.40. The number of nitrogens with zero attached hydrogens (tertiary/aromatic N) is 2. The zero-order chi connectivity index (χ0) is 28.1. The zero-order valence-corrected chi connectivity index (χ0v) is 22.2. The summed E-state index contributed by atoms with van der Waals surface area (Å²) < 4.78 is 16.2. The van der Waals surface area contributed by atoms with Gasteiger partial charge in [0.1, 0.15) is 23.9 Å². The molecule has 1 atom stereocenters. The number of nitriles is 1. The van der Waals surface area contributed by atoms with Crippen molar-refractivity contribution in [1.29, 1.82) is 5.26 Å². The molecule has 198 valence electrons. The summed E-state index contributed by atoms with van der Waals surface area (Å²) in [6.45, 7) is 4.24. The summed E-state index contributed by atoms with van der Waals surface area (Å²) in [5.41, 5.74) is 10.5. The Balaban J connectivity index is 1.85. The molecule has 0 bridgehead atoms. The van der Waals surface area contributed by atoms with Gasteiger partial charge in [-0.15, -0.1) is 0 Å². The van der Waals surface area contributed by atoms with E-state index in [1.807, 2.05) is 44.2 Å². The fourth-order valence-electron chi connectivity index (χ4n) is 4.69. The highest BCUT2D eigenvalue weighted by Gasteiger charge is 2.43. The Hall–Kier alpha value is -5.03. The molecule has 1 aliphatic heterocycles. The molecule has 0 amide bonds. The van der Waals surface area contributed by atoms with Crippen molar-refractivity contribution in [1.82, 2.24) is 0 Å². The van der Waals surface area contributed by atoms with Crippen LogP contribution < -0.4 is 15.4 Å². The second-order valence-electron chi connectivity index (χ2n) is 9.06. The number of anilines is 1. The standard InChI is InChI=1S/C31H29N3O5/c1-19-13-14-25(20(2)15-19)39-18-21-9-8-12-23(16-21)34-28(31(36)38-4)27(30(35)37-3)26(24(17-32)29(34)33)22-10-6-5-7-11-22/h5-16,26H,18,33H2,1-4H3.